The van der Waals surface area contributed by atoms with Crippen LogP contribution in [-0.4, -0.2) is 48.8 Å². The number of carbonyl (C=O) groups excluding carboxylic acids is 1. The molecule has 0 spiro atoms. The average Bonchev–Trinajstić information content (AvgIpc) is 2.95. The zero-order chi connectivity index (χ0) is 17.5. The highest BCUT2D eigenvalue weighted by atomic mass is 32.2. The molecule has 130 valence electrons. The van der Waals surface area contributed by atoms with Gasteiger partial charge in [-0.05, 0) is 38.0 Å². The maximum atomic E-state index is 12.9. The van der Waals surface area contributed by atoms with Gasteiger partial charge < -0.3 is 9.88 Å². The molecule has 1 aromatic heterocycles. The van der Waals surface area contributed by atoms with Crippen molar-refractivity contribution in [2.75, 3.05) is 13.3 Å². The third-order valence-electron chi connectivity index (χ3n) is 5.04. The van der Waals surface area contributed by atoms with E-state index in [1.165, 1.54) is 6.26 Å². The molecule has 1 aliphatic carbocycles. The SMILES string of the molecule is Cc1ccc2[nH]c(C(=O)N(C)C3CCCCC3S(C)(=O)=O)cc2c1. The molecular formula is C18H24N2O3S. The number of aromatic nitrogens is 1. The number of nitrogens with one attached hydrogen (secondary N) is 1. The molecule has 24 heavy (non-hydrogen) atoms. The summed E-state index contributed by atoms with van der Waals surface area (Å²) in [5.41, 5.74) is 2.56. The predicted octanol–water partition coefficient (Wildman–Crippen LogP) is 2.90. The fraction of sp³-hybridized carbons (Fsp3) is 0.500. The first-order chi connectivity index (χ1) is 11.3. The van der Waals surface area contributed by atoms with Crippen molar-refractivity contribution in [3.05, 3.63) is 35.5 Å². The predicted molar refractivity (Wildman–Crippen MR) is 96.0 cm³/mol. The summed E-state index contributed by atoms with van der Waals surface area (Å²) in [6, 6.07) is 7.58. The first-order valence-corrected chi connectivity index (χ1v) is 10.3. The van der Waals surface area contributed by atoms with Crippen molar-refractivity contribution in [3.63, 3.8) is 0 Å². The second kappa shape index (κ2) is 6.24. The van der Waals surface area contributed by atoms with Crippen molar-refractivity contribution >= 4 is 26.6 Å². The minimum Gasteiger partial charge on any atom is -0.351 e. The van der Waals surface area contributed by atoms with E-state index in [9.17, 15) is 13.2 Å². The fourth-order valence-electron chi connectivity index (χ4n) is 3.73. The van der Waals surface area contributed by atoms with Crippen LogP contribution in [0, 0.1) is 6.92 Å². The highest BCUT2D eigenvalue weighted by Gasteiger charge is 2.37. The summed E-state index contributed by atoms with van der Waals surface area (Å²) in [6.45, 7) is 2.01. The molecular weight excluding hydrogens is 324 g/mol. The van der Waals surface area contributed by atoms with E-state index in [-0.39, 0.29) is 11.9 Å². The van der Waals surface area contributed by atoms with Gasteiger partial charge in [0.05, 0.1) is 5.25 Å². The molecule has 6 heteroatoms. The Morgan fingerprint density at radius 2 is 1.92 bits per heavy atom. The average molecular weight is 348 g/mol. The van der Waals surface area contributed by atoms with Gasteiger partial charge in [0.15, 0.2) is 9.84 Å². The summed E-state index contributed by atoms with van der Waals surface area (Å²) in [6.07, 6.45) is 4.51. The van der Waals surface area contributed by atoms with Crippen LogP contribution in [0.15, 0.2) is 24.3 Å². The second-order valence-corrected chi connectivity index (χ2v) is 9.17. The Morgan fingerprint density at radius 3 is 2.62 bits per heavy atom. The fourth-order valence-corrected chi connectivity index (χ4v) is 5.21. The number of hydrogen-bond donors (Lipinski definition) is 1. The van der Waals surface area contributed by atoms with Crippen LogP contribution in [0.2, 0.25) is 0 Å². The number of rotatable bonds is 3. The molecule has 1 aliphatic rings. The van der Waals surface area contributed by atoms with Crippen LogP contribution in [-0.2, 0) is 9.84 Å². The van der Waals surface area contributed by atoms with E-state index < -0.39 is 15.1 Å². The van der Waals surface area contributed by atoms with E-state index in [0.717, 1.165) is 35.7 Å². The number of nitrogens with zero attached hydrogens (tertiary/aromatic N) is 1. The van der Waals surface area contributed by atoms with Crippen LogP contribution in [0.25, 0.3) is 10.9 Å². The van der Waals surface area contributed by atoms with Gasteiger partial charge in [-0.3, -0.25) is 4.79 Å². The molecule has 0 radical (unpaired) electrons. The van der Waals surface area contributed by atoms with Gasteiger partial charge in [0.25, 0.3) is 5.91 Å². The van der Waals surface area contributed by atoms with Crippen molar-refractivity contribution in [1.82, 2.24) is 9.88 Å². The number of sulfone groups is 1. The number of fused-ring (bicyclic) bond motifs is 1. The maximum Gasteiger partial charge on any atom is 0.270 e. The second-order valence-electron chi connectivity index (χ2n) is 6.91. The summed E-state index contributed by atoms with van der Waals surface area (Å²) in [5.74, 6) is -0.149. The number of amides is 1. The van der Waals surface area contributed by atoms with Gasteiger partial charge in [0.1, 0.15) is 5.69 Å². The van der Waals surface area contributed by atoms with E-state index in [1.54, 1.807) is 11.9 Å². The topological polar surface area (TPSA) is 70.2 Å². The molecule has 1 heterocycles. The lowest BCUT2D eigenvalue weighted by atomic mass is 9.93. The lowest BCUT2D eigenvalue weighted by Crippen LogP contribution is -2.49. The molecule has 1 aromatic carbocycles. The number of H-pyrrole nitrogens is 1. The van der Waals surface area contributed by atoms with Crippen LogP contribution < -0.4 is 0 Å². The van der Waals surface area contributed by atoms with Crippen molar-refractivity contribution < 1.29 is 13.2 Å². The van der Waals surface area contributed by atoms with E-state index in [1.807, 2.05) is 31.2 Å². The Bertz CT molecular complexity index is 870. The van der Waals surface area contributed by atoms with Crippen molar-refractivity contribution in [3.8, 4) is 0 Å². The van der Waals surface area contributed by atoms with E-state index in [2.05, 4.69) is 4.98 Å². The molecule has 1 saturated carbocycles. The Labute approximate surface area is 143 Å². The number of carbonyl (C=O) groups is 1. The third kappa shape index (κ3) is 3.20. The Morgan fingerprint density at radius 1 is 1.21 bits per heavy atom. The summed E-state index contributed by atoms with van der Waals surface area (Å²) < 4.78 is 24.2. The Balaban J connectivity index is 1.89. The number of hydrogen-bond acceptors (Lipinski definition) is 3. The van der Waals surface area contributed by atoms with Crippen LogP contribution in [0.1, 0.15) is 41.7 Å². The summed E-state index contributed by atoms with van der Waals surface area (Å²) in [7, 11) is -1.45. The van der Waals surface area contributed by atoms with Gasteiger partial charge >= 0.3 is 0 Å². The van der Waals surface area contributed by atoms with Gasteiger partial charge in [-0.15, -0.1) is 0 Å². The van der Waals surface area contributed by atoms with Crippen LogP contribution >= 0.6 is 0 Å². The van der Waals surface area contributed by atoms with Crippen LogP contribution in [0.4, 0.5) is 0 Å². The summed E-state index contributed by atoms with van der Waals surface area (Å²) in [4.78, 5) is 17.6. The molecule has 1 fully saturated rings. The van der Waals surface area contributed by atoms with Gasteiger partial charge in [-0.1, -0.05) is 24.5 Å². The van der Waals surface area contributed by atoms with Gasteiger partial charge in [0, 0.05) is 30.2 Å². The zero-order valence-corrected chi connectivity index (χ0v) is 15.2. The summed E-state index contributed by atoms with van der Waals surface area (Å²) >= 11 is 0. The van der Waals surface area contributed by atoms with Crippen LogP contribution in [0.5, 0.6) is 0 Å². The summed E-state index contributed by atoms with van der Waals surface area (Å²) in [5, 5.41) is 0.530. The molecule has 2 atom stereocenters. The first kappa shape index (κ1) is 17.0. The molecule has 2 aromatic rings. The molecule has 0 saturated heterocycles. The van der Waals surface area contributed by atoms with Crippen molar-refractivity contribution in [1.29, 1.82) is 0 Å². The first-order valence-electron chi connectivity index (χ1n) is 8.33. The van der Waals surface area contributed by atoms with Gasteiger partial charge in [-0.25, -0.2) is 8.42 Å². The zero-order valence-electron chi connectivity index (χ0n) is 14.4. The van der Waals surface area contributed by atoms with E-state index in [0.29, 0.717) is 12.1 Å². The van der Waals surface area contributed by atoms with Gasteiger partial charge in [0.2, 0.25) is 0 Å². The molecule has 1 amide bonds. The van der Waals surface area contributed by atoms with Crippen molar-refractivity contribution in [2.24, 2.45) is 0 Å². The van der Waals surface area contributed by atoms with E-state index in [4.69, 9.17) is 0 Å². The largest absolute Gasteiger partial charge is 0.351 e. The minimum atomic E-state index is -3.17. The molecule has 0 aliphatic heterocycles. The standard InChI is InChI=1S/C18H24N2O3S/c1-12-8-9-14-13(10-12)11-15(19-14)18(21)20(2)16-6-4-5-7-17(16)24(3,22)23/h8-11,16-17,19H,4-7H2,1-3H3. The lowest BCUT2D eigenvalue weighted by molar-refractivity contribution is 0.0695. The van der Waals surface area contributed by atoms with Gasteiger partial charge in [-0.2, -0.15) is 0 Å². The Hall–Kier alpha value is -1.82. The molecule has 1 N–H and O–H groups in total. The highest BCUT2D eigenvalue weighted by molar-refractivity contribution is 7.91. The molecule has 0 bridgehead atoms. The molecule has 3 rings (SSSR count). The minimum absolute atomic E-state index is 0.149. The number of aryl methyl sites for hydroxylation is 1. The number of aromatic amines is 1. The van der Waals surface area contributed by atoms with Crippen LogP contribution in [0.3, 0.4) is 0 Å². The third-order valence-corrected chi connectivity index (χ3v) is 6.69. The smallest absolute Gasteiger partial charge is 0.270 e. The highest BCUT2D eigenvalue weighted by Crippen LogP contribution is 2.28. The molecule has 2 unspecified atom stereocenters. The number of benzene rings is 1. The normalized spacial score (nSPS) is 21.8. The maximum absolute atomic E-state index is 12.9. The molecule has 5 nitrogen and oxygen atoms in total. The Kier molecular flexibility index (Phi) is 4.42. The van der Waals surface area contributed by atoms with E-state index >= 15 is 0 Å². The lowest BCUT2D eigenvalue weighted by Gasteiger charge is -2.36. The monoisotopic (exact) mass is 348 g/mol. The quantitative estimate of drug-likeness (QED) is 0.927. The van der Waals surface area contributed by atoms with Crippen molar-refractivity contribution in [2.45, 2.75) is 43.9 Å².